The molecule has 5 heteroatoms. The highest BCUT2D eigenvalue weighted by molar-refractivity contribution is 14.1. The van der Waals surface area contributed by atoms with Crippen molar-refractivity contribution in [2.75, 3.05) is 13.1 Å². The fraction of sp³-hybridized carbons (Fsp3) is 0.615. The topological polar surface area (TPSA) is 46.3 Å². The van der Waals surface area contributed by atoms with Gasteiger partial charge in [-0.1, -0.05) is 0 Å². The zero-order chi connectivity index (χ0) is 12.7. The zero-order valence-electron chi connectivity index (χ0n) is 10.1. The van der Waals surface area contributed by atoms with E-state index in [0.29, 0.717) is 17.9 Å². The predicted molar refractivity (Wildman–Crippen MR) is 81.7 cm³/mol. The van der Waals surface area contributed by atoms with Crippen LogP contribution in [0.2, 0.25) is 0 Å². The summed E-state index contributed by atoms with van der Waals surface area (Å²) in [5, 5.41) is 1.97. The molecule has 3 nitrogen and oxygen atoms in total. The van der Waals surface area contributed by atoms with Gasteiger partial charge in [-0.25, -0.2) is 0 Å². The van der Waals surface area contributed by atoms with Crippen LogP contribution in [0.15, 0.2) is 11.4 Å². The van der Waals surface area contributed by atoms with E-state index in [9.17, 15) is 4.79 Å². The third kappa shape index (κ3) is 2.44. The molecule has 1 amide bonds. The molecule has 1 saturated carbocycles. The number of hydrogen-bond acceptors (Lipinski definition) is 3. The van der Waals surface area contributed by atoms with E-state index in [1.54, 1.807) is 11.3 Å². The van der Waals surface area contributed by atoms with E-state index in [2.05, 4.69) is 22.6 Å². The molecule has 2 heterocycles. The second kappa shape index (κ2) is 5.09. The van der Waals surface area contributed by atoms with E-state index in [1.165, 1.54) is 9.30 Å². The van der Waals surface area contributed by atoms with Crippen molar-refractivity contribution in [2.24, 2.45) is 17.6 Å². The monoisotopic (exact) mass is 376 g/mol. The first-order chi connectivity index (χ1) is 8.63. The number of hydrogen-bond donors (Lipinski definition) is 1. The van der Waals surface area contributed by atoms with Crippen molar-refractivity contribution in [1.29, 1.82) is 0 Å². The lowest BCUT2D eigenvalue weighted by atomic mass is 9.79. The van der Waals surface area contributed by atoms with Crippen LogP contribution in [0.1, 0.15) is 29.6 Å². The standard InChI is InChI=1S/C13H17IN2OS/c14-12-4-10(7-18-12)13(17)16-5-8-1-2-11(15)3-9(8)6-16/h4,7-9,11H,1-3,5-6,15H2/t8-,9+,11?/m0/s1. The van der Waals surface area contributed by atoms with Gasteiger partial charge < -0.3 is 10.6 Å². The van der Waals surface area contributed by atoms with Crippen LogP contribution >= 0.6 is 33.9 Å². The predicted octanol–water partition coefficient (Wildman–Crippen LogP) is 2.55. The molecule has 1 unspecified atom stereocenters. The van der Waals surface area contributed by atoms with Gasteiger partial charge in [0.05, 0.1) is 8.45 Å². The summed E-state index contributed by atoms with van der Waals surface area (Å²) >= 11 is 3.90. The normalized spacial score (nSPS) is 31.4. The average molecular weight is 376 g/mol. The van der Waals surface area contributed by atoms with E-state index in [4.69, 9.17) is 5.73 Å². The third-order valence-electron chi connectivity index (χ3n) is 4.19. The molecule has 0 aromatic carbocycles. The van der Waals surface area contributed by atoms with E-state index >= 15 is 0 Å². The van der Waals surface area contributed by atoms with Gasteiger partial charge in [-0.2, -0.15) is 0 Å². The molecule has 1 aliphatic carbocycles. The van der Waals surface area contributed by atoms with E-state index < -0.39 is 0 Å². The molecule has 0 spiro atoms. The summed E-state index contributed by atoms with van der Waals surface area (Å²) in [4.78, 5) is 14.4. The highest BCUT2D eigenvalue weighted by Gasteiger charge is 2.38. The molecule has 3 rings (SSSR count). The Morgan fingerprint density at radius 3 is 2.89 bits per heavy atom. The van der Waals surface area contributed by atoms with Crippen LogP contribution in [0.4, 0.5) is 0 Å². The SMILES string of the molecule is NC1CC[C@H]2CN(C(=O)c3csc(I)c3)C[C@H]2C1. The molecule has 1 aliphatic heterocycles. The molecule has 3 atom stereocenters. The number of amides is 1. The fourth-order valence-electron chi connectivity index (χ4n) is 3.24. The molecule has 2 N–H and O–H groups in total. The second-order valence-electron chi connectivity index (χ2n) is 5.44. The maximum absolute atomic E-state index is 12.4. The van der Waals surface area contributed by atoms with Gasteiger partial charge in [-0.3, -0.25) is 4.79 Å². The van der Waals surface area contributed by atoms with Crippen LogP contribution in [0.5, 0.6) is 0 Å². The van der Waals surface area contributed by atoms with Gasteiger partial charge in [0.2, 0.25) is 0 Å². The Hall–Kier alpha value is -0.140. The van der Waals surface area contributed by atoms with Crippen LogP contribution in [0.25, 0.3) is 0 Å². The number of nitrogens with zero attached hydrogens (tertiary/aromatic N) is 1. The van der Waals surface area contributed by atoms with Gasteiger partial charge in [0.1, 0.15) is 0 Å². The molecule has 1 aromatic heterocycles. The van der Waals surface area contributed by atoms with Gasteiger partial charge in [0.15, 0.2) is 0 Å². The summed E-state index contributed by atoms with van der Waals surface area (Å²) in [6.45, 7) is 1.84. The van der Waals surface area contributed by atoms with Gasteiger partial charge in [0.25, 0.3) is 5.91 Å². The largest absolute Gasteiger partial charge is 0.338 e. The average Bonchev–Trinajstić information content (AvgIpc) is 2.93. The van der Waals surface area contributed by atoms with Crippen molar-refractivity contribution in [3.05, 3.63) is 19.9 Å². The summed E-state index contributed by atoms with van der Waals surface area (Å²) in [7, 11) is 0. The third-order valence-corrected chi connectivity index (χ3v) is 5.98. The van der Waals surface area contributed by atoms with E-state index in [1.807, 2.05) is 16.3 Å². The number of carbonyl (C=O) groups excluding carboxylic acids is 1. The first kappa shape index (κ1) is 12.9. The van der Waals surface area contributed by atoms with Gasteiger partial charge >= 0.3 is 0 Å². The van der Waals surface area contributed by atoms with Crippen molar-refractivity contribution >= 4 is 39.8 Å². The highest BCUT2D eigenvalue weighted by atomic mass is 127. The van der Waals surface area contributed by atoms with E-state index in [-0.39, 0.29) is 5.91 Å². The maximum Gasteiger partial charge on any atom is 0.254 e. The molecule has 1 saturated heterocycles. The van der Waals surface area contributed by atoms with Crippen molar-refractivity contribution in [3.8, 4) is 0 Å². The fourth-order valence-corrected chi connectivity index (χ4v) is 4.56. The molecule has 18 heavy (non-hydrogen) atoms. The second-order valence-corrected chi connectivity index (χ2v) is 8.25. The van der Waals surface area contributed by atoms with Crippen molar-refractivity contribution in [3.63, 3.8) is 0 Å². The molecule has 2 aliphatic rings. The Labute approximate surface area is 125 Å². The van der Waals surface area contributed by atoms with Crippen LogP contribution < -0.4 is 5.73 Å². The van der Waals surface area contributed by atoms with Crippen LogP contribution in [-0.2, 0) is 0 Å². The number of fused-ring (bicyclic) bond motifs is 1. The number of rotatable bonds is 1. The lowest BCUT2D eigenvalue weighted by Gasteiger charge is -2.27. The van der Waals surface area contributed by atoms with Crippen LogP contribution in [-0.4, -0.2) is 29.9 Å². The molecule has 1 aromatic rings. The number of nitrogens with two attached hydrogens (primary N) is 1. The summed E-state index contributed by atoms with van der Waals surface area (Å²) < 4.78 is 1.18. The van der Waals surface area contributed by atoms with Crippen LogP contribution in [0, 0.1) is 14.7 Å². The summed E-state index contributed by atoms with van der Waals surface area (Å²) in [5.41, 5.74) is 6.88. The van der Waals surface area contributed by atoms with Crippen molar-refractivity contribution in [1.82, 2.24) is 4.90 Å². The molecule has 0 radical (unpaired) electrons. The molecule has 98 valence electrons. The highest BCUT2D eigenvalue weighted by Crippen LogP contribution is 2.36. The Morgan fingerprint density at radius 2 is 2.17 bits per heavy atom. The first-order valence-electron chi connectivity index (χ1n) is 6.42. The minimum Gasteiger partial charge on any atom is -0.338 e. The number of halogens is 1. The summed E-state index contributed by atoms with van der Waals surface area (Å²) in [6, 6.07) is 2.34. The van der Waals surface area contributed by atoms with Crippen molar-refractivity contribution < 1.29 is 4.79 Å². The van der Waals surface area contributed by atoms with Crippen LogP contribution in [0.3, 0.4) is 0 Å². The van der Waals surface area contributed by atoms with E-state index in [0.717, 1.165) is 31.5 Å². The minimum absolute atomic E-state index is 0.206. The zero-order valence-corrected chi connectivity index (χ0v) is 13.1. The lowest BCUT2D eigenvalue weighted by molar-refractivity contribution is 0.0784. The Kier molecular flexibility index (Phi) is 3.64. The molecule has 2 fully saturated rings. The van der Waals surface area contributed by atoms with Crippen molar-refractivity contribution in [2.45, 2.75) is 25.3 Å². The first-order valence-corrected chi connectivity index (χ1v) is 8.38. The quantitative estimate of drug-likeness (QED) is 0.766. The number of carbonyl (C=O) groups is 1. The lowest BCUT2D eigenvalue weighted by Crippen LogP contribution is -2.32. The molecular formula is C13H17IN2OS. The van der Waals surface area contributed by atoms with Gasteiger partial charge in [-0.15, -0.1) is 11.3 Å². The Balaban J connectivity index is 1.70. The minimum atomic E-state index is 0.206. The maximum atomic E-state index is 12.4. The Morgan fingerprint density at radius 1 is 1.39 bits per heavy atom. The summed E-state index contributed by atoms with van der Waals surface area (Å²) in [6.07, 6.45) is 3.41. The van der Waals surface area contributed by atoms with Gasteiger partial charge in [-0.05, 0) is 59.8 Å². The van der Waals surface area contributed by atoms with Gasteiger partial charge in [0, 0.05) is 24.5 Å². The number of thiophene rings is 1. The smallest absolute Gasteiger partial charge is 0.254 e. The summed E-state index contributed by atoms with van der Waals surface area (Å²) in [5.74, 6) is 1.53. The molecular weight excluding hydrogens is 359 g/mol. The molecule has 0 bridgehead atoms. The Bertz CT molecular complexity index is 462. The number of likely N-dealkylation sites (tertiary alicyclic amines) is 1.